The molecule has 0 atom stereocenters. The highest BCUT2D eigenvalue weighted by molar-refractivity contribution is 7.92. The Morgan fingerprint density at radius 3 is 2.27 bits per heavy atom. The van der Waals surface area contributed by atoms with E-state index >= 15 is 0 Å². The number of amides is 1. The first kappa shape index (κ1) is 15.9. The number of hydrazine groups is 1. The van der Waals surface area contributed by atoms with Crippen LogP contribution in [0.3, 0.4) is 0 Å². The maximum atomic E-state index is 12.7. The molecule has 0 aliphatic carbocycles. The van der Waals surface area contributed by atoms with Gasteiger partial charge in [-0.3, -0.25) is 10.2 Å². The van der Waals surface area contributed by atoms with Crippen molar-refractivity contribution in [3.8, 4) is 0 Å². The van der Waals surface area contributed by atoms with Crippen LogP contribution in [-0.4, -0.2) is 14.3 Å². The van der Waals surface area contributed by atoms with E-state index in [1.54, 1.807) is 24.3 Å². The number of halogens is 1. The summed E-state index contributed by atoms with van der Waals surface area (Å²) in [6, 6.07) is 13.6. The average molecular weight is 320 g/mol. The van der Waals surface area contributed by atoms with Crippen LogP contribution in [0.15, 0.2) is 60.0 Å². The lowest BCUT2D eigenvalue weighted by molar-refractivity contribution is 0.0945. The van der Waals surface area contributed by atoms with Crippen molar-refractivity contribution in [3.63, 3.8) is 0 Å². The van der Waals surface area contributed by atoms with Crippen molar-refractivity contribution in [1.82, 2.24) is 10.3 Å². The molecule has 0 unspecified atom stereocenters. The van der Waals surface area contributed by atoms with Gasteiger partial charge in [0.15, 0.2) is 0 Å². The second-order valence-corrected chi connectivity index (χ2v) is 5.89. The molecule has 0 aromatic heterocycles. The first-order valence-corrected chi connectivity index (χ1v) is 7.82. The summed E-state index contributed by atoms with van der Waals surface area (Å²) in [7, 11) is -3.83. The van der Waals surface area contributed by atoms with Gasteiger partial charge >= 0.3 is 0 Å². The normalized spacial score (nSPS) is 11.5. The number of rotatable bonds is 5. The molecule has 5 nitrogen and oxygen atoms in total. The van der Waals surface area contributed by atoms with Crippen LogP contribution in [0.5, 0.6) is 0 Å². The van der Waals surface area contributed by atoms with E-state index in [1.807, 2.05) is 16.3 Å². The fraction of sp³-hybridized carbons (Fsp3) is 0. The Hall–Kier alpha value is -2.51. The summed E-state index contributed by atoms with van der Waals surface area (Å²) in [6.07, 6.45) is 1.40. The van der Waals surface area contributed by atoms with Gasteiger partial charge in [0.2, 0.25) is 0 Å². The van der Waals surface area contributed by atoms with Gasteiger partial charge in [0.25, 0.3) is 15.9 Å². The summed E-state index contributed by atoms with van der Waals surface area (Å²) < 4.78 is 36.2. The molecule has 1 amide bonds. The van der Waals surface area contributed by atoms with Gasteiger partial charge in [-0.15, -0.1) is 4.83 Å². The number of carbonyl (C=O) groups excluding carboxylic acids is 1. The molecule has 7 heteroatoms. The van der Waals surface area contributed by atoms with Crippen LogP contribution in [-0.2, 0) is 10.0 Å². The maximum absolute atomic E-state index is 12.7. The Morgan fingerprint density at radius 1 is 1.00 bits per heavy atom. The van der Waals surface area contributed by atoms with E-state index in [2.05, 4.69) is 0 Å². The quantitative estimate of drug-likeness (QED) is 0.828. The Morgan fingerprint density at radius 2 is 1.64 bits per heavy atom. The summed E-state index contributed by atoms with van der Waals surface area (Å²) in [5.41, 5.74) is 2.89. The predicted octanol–water partition coefficient (Wildman–Crippen LogP) is 2.06. The number of carbonyl (C=O) groups is 1. The second-order valence-electron chi connectivity index (χ2n) is 4.32. The molecule has 2 aromatic rings. The van der Waals surface area contributed by atoms with Gasteiger partial charge < -0.3 is 0 Å². The lowest BCUT2D eigenvalue weighted by Crippen LogP contribution is -2.40. The van der Waals surface area contributed by atoms with Crippen LogP contribution in [0.25, 0.3) is 6.08 Å². The van der Waals surface area contributed by atoms with Gasteiger partial charge in [-0.25, -0.2) is 12.8 Å². The zero-order valence-corrected chi connectivity index (χ0v) is 12.2. The van der Waals surface area contributed by atoms with Crippen LogP contribution in [0.1, 0.15) is 15.9 Å². The molecule has 0 saturated heterocycles. The molecule has 0 saturated carbocycles. The van der Waals surface area contributed by atoms with Gasteiger partial charge in [-0.1, -0.05) is 30.3 Å². The lowest BCUT2D eigenvalue weighted by Gasteiger charge is -2.05. The largest absolute Gasteiger partial charge is 0.274 e. The fourth-order valence-corrected chi connectivity index (χ4v) is 2.20. The van der Waals surface area contributed by atoms with E-state index in [4.69, 9.17) is 0 Å². The third-order valence-corrected chi connectivity index (χ3v) is 3.53. The van der Waals surface area contributed by atoms with Gasteiger partial charge in [-0.05, 0) is 35.9 Å². The van der Waals surface area contributed by atoms with Crippen molar-refractivity contribution < 1.29 is 17.6 Å². The highest BCUT2D eigenvalue weighted by atomic mass is 32.2. The number of sulfonamides is 1. The van der Waals surface area contributed by atoms with E-state index in [0.717, 1.165) is 17.5 Å². The molecule has 2 aromatic carbocycles. The summed E-state index contributed by atoms with van der Waals surface area (Å²) >= 11 is 0. The number of hydrogen-bond acceptors (Lipinski definition) is 3. The number of hydrogen-bond donors (Lipinski definition) is 2. The van der Waals surface area contributed by atoms with Crippen molar-refractivity contribution in [2.45, 2.75) is 0 Å². The van der Waals surface area contributed by atoms with Crippen LogP contribution in [0, 0.1) is 5.82 Å². The molecule has 0 aliphatic rings. The average Bonchev–Trinajstić information content (AvgIpc) is 2.53. The smallest absolute Gasteiger partial charge is 0.266 e. The molecular formula is C15H13FN2O3S. The third-order valence-electron chi connectivity index (χ3n) is 2.65. The van der Waals surface area contributed by atoms with E-state index in [1.165, 1.54) is 18.2 Å². The third kappa shape index (κ3) is 4.80. The molecule has 2 rings (SSSR count). The molecular weight excluding hydrogens is 307 g/mol. The van der Waals surface area contributed by atoms with Crippen LogP contribution in [0.2, 0.25) is 0 Å². The minimum absolute atomic E-state index is 0.135. The van der Waals surface area contributed by atoms with Gasteiger partial charge in [0, 0.05) is 11.0 Å². The van der Waals surface area contributed by atoms with Crippen LogP contribution in [0.4, 0.5) is 4.39 Å². The topological polar surface area (TPSA) is 75.3 Å². The van der Waals surface area contributed by atoms with E-state index < -0.39 is 21.7 Å². The van der Waals surface area contributed by atoms with Crippen molar-refractivity contribution in [2.75, 3.05) is 0 Å². The molecule has 0 radical (unpaired) electrons. The van der Waals surface area contributed by atoms with Gasteiger partial charge in [0.05, 0.1) is 0 Å². The van der Waals surface area contributed by atoms with E-state index in [0.29, 0.717) is 5.56 Å². The number of benzene rings is 2. The molecule has 2 N–H and O–H groups in total. The Bertz CT molecular complexity index is 772. The Labute approximate surface area is 127 Å². The highest BCUT2D eigenvalue weighted by Gasteiger charge is 2.09. The maximum Gasteiger partial charge on any atom is 0.266 e. The van der Waals surface area contributed by atoms with Crippen molar-refractivity contribution >= 4 is 22.0 Å². The lowest BCUT2D eigenvalue weighted by atomic mass is 10.2. The van der Waals surface area contributed by atoms with Crippen LogP contribution >= 0.6 is 0 Å². The standard InChI is InChI=1S/C15H13FN2O3S/c16-14-8-6-13(7-9-14)15(19)17-18-22(20,21)11-10-12-4-2-1-3-5-12/h1-11,18H,(H,17,19)/b11-10+. The van der Waals surface area contributed by atoms with Gasteiger partial charge in [0.1, 0.15) is 5.82 Å². The minimum Gasteiger partial charge on any atom is -0.274 e. The van der Waals surface area contributed by atoms with E-state index in [-0.39, 0.29) is 5.56 Å². The first-order chi connectivity index (χ1) is 10.5. The van der Waals surface area contributed by atoms with E-state index in [9.17, 15) is 17.6 Å². The predicted molar refractivity (Wildman–Crippen MR) is 81.4 cm³/mol. The SMILES string of the molecule is O=C(NNS(=O)(=O)/C=C/c1ccccc1)c1ccc(F)cc1. The zero-order chi connectivity index (χ0) is 16.0. The Balaban J connectivity index is 1.96. The summed E-state index contributed by atoms with van der Waals surface area (Å²) in [4.78, 5) is 13.6. The molecule has 0 spiro atoms. The van der Waals surface area contributed by atoms with Crippen molar-refractivity contribution in [3.05, 3.63) is 76.9 Å². The first-order valence-electron chi connectivity index (χ1n) is 6.27. The minimum atomic E-state index is -3.83. The number of nitrogens with one attached hydrogen (secondary N) is 2. The molecule has 0 heterocycles. The molecule has 0 aliphatic heterocycles. The molecule has 114 valence electrons. The van der Waals surface area contributed by atoms with Gasteiger partial charge in [-0.2, -0.15) is 0 Å². The van der Waals surface area contributed by atoms with Crippen molar-refractivity contribution in [1.29, 1.82) is 0 Å². The van der Waals surface area contributed by atoms with Crippen LogP contribution < -0.4 is 10.3 Å². The highest BCUT2D eigenvalue weighted by Crippen LogP contribution is 2.03. The van der Waals surface area contributed by atoms with Crippen molar-refractivity contribution in [2.24, 2.45) is 0 Å². The monoisotopic (exact) mass is 320 g/mol. The molecule has 0 fully saturated rings. The fourth-order valence-electron chi connectivity index (χ4n) is 1.56. The molecule has 22 heavy (non-hydrogen) atoms. The second kappa shape index (κ2) is 6.97. The zero-order valence-electron chi connectivity index (χ0n) is 11.4. The molecule has 0 bridgehead atoms. The summed E-state index contributed by atoms with van der Waals surface area (Å²) in [5.74, 6) is -1.17. The summed E-state index contributed by atoms with van der Waals surface area (Å²) in [5, 5.41) is 0.938. The Kier molecular flexibility index (Phi) is 5.03. The summed E-state index contributed by atoms with van der Waals surface area (Å²) in [6.45, 7) is 0.